The van der Waals surface area contributed by atoms with E-state index in [4.69, 9.17) is 0 Å². The molecule has 0 fully saturated rings. The van der Waals surface area contributed by atoms with Gasteiger partial charge in [-0.25, -0.2) is 0 Å². The van der Waals surface area contributed by atoms with E-state index >= 15 is 0 Å². The number of benzene rings is 18. The van der Waals surface area contributed by atoms with Crippen LogP contribution >= 0.6 is 0 Å². The van der Waals surface area contributed by atoms with Crippen LogP contribution < -0.4 is 0 Å². The van der Waals surface area contributed by atoms with Crippen LogP contribution in [0.4, 0.5) is 0 Å². The zero-order valence-corrected chi connectivity index (χ0v) is 86.8. The minimum absolute atomic E-state index is 0.302. The molecule has 0 unspecified atom stereocenters. The molecule has 3 spiro atoms. The third kappa shape index (κ3) is 14.8. The van der Waals surface area contributed by atoms with Gasteiger partial charge in [-0.1, -0.05) is 433 Å². The first kappa shape index (κ1) is 95.4. The second-order valence-corrected chi connectivity index (χ2v) is 39.8. The lowest BCUT2D eigenvalue weighted by atomic mass is 9.61. The standard InChI is InChI=1S/3C40H26.3C3H9N.5C2H6/c1-5-13-29-25(10-1)23-32-31(29)18-20-35-38(32)39-36(19-17-28-21-24-9-2-6-14-30(24)37(28)39)40(35)33-15-7-3-11-26(33)22-27-12-4-8-16-34(27)40;2*1-5-13-28-24(9-1)22-32-30(28)17-19-36-38(32)39-33-23-25-10-2-6-14-29(25)31(33)18-20-37(39)40(36)34-15-7-3-11-26(34)21-27-12-4-8-16-35(27)40;3*1-4(2)3;5*1-2/h3*1-20H,21-23H2;3*1-3H3;5*1-2H3. The van der Waals surface area contributed by atoms with Crippen molar-refractivity contribution in [3.05, 3.63) is 531 Å². The van der Waals surface area contributed by atoms with Gasteiger partial charge in [0.1, 0.15) is 0 Å². The third-order valence-corrected chi connectivity index (χ3v) is 30.7. The van der Waals surface area contributed by atoms with Gasteiger partial charge in [-0.2, -0.15) is 0 Å². The Morgan fingerprint density at radius 1 is 0.127 bits per heavy atom. The van der Waals surface area contributed by atoms with E-state index in [0.717, 1.165) is 57.8 Å². The zero-order valence-electron chi connectivity index (χ0n) is 86.8. The van der Waals surface area contributed by atoms with Crippen molar-refractivity contribution in [3.63, 3.8) is 0 Å². The molecule has 0 amide bonds. The van der Waals surface area contributed by atoms with Crippen molar-refractivity contribution >= 4 is 0 Å². The van der Waals surface area contributed by atoms with Gasteiger partial charge >= 0.3 is 0 Å². The molecule has 0 N–H and O–H groups in total. The van der Waals surface area contributed by atoms with Crippen molar-refractivity contribution in [3.8, 4) is 100 Å². The first-order valence-electron chi connectivity index (χ1n) is 52.5. The Morgan fingerprint density at radius 2 is 0.282 bits per heavy atom. The third-order valence-electron chi connectivity index (χ3n) is 30.7. The fraction of sp³-hybridized carbons (Fsp3) is 0.223. The van der Waals surface area contributed by atoms with E-state index in [1.54, 1.807) is 0 Å². The Morgan fingerprint density at radius 3 is 0.500 bits per heavy atom. The van der Waals surface area contributed by atoms with Crippen molar-refractivity contribution in [2.24, 2.45) is 0 Å². The molecular formula is C139H135N3. The van der Waals surface area contributed by atoms with E-state index in [9.17, 15) is 0 Å². The molecule has 0 bridgehead atoms. The van der Waals surface area contributed by atoms with Crippen LogP contribution in [0.3, 0.4) is 0 Å². The highest BCUT2D eigenvalue weighted by atomic mass is 15.0. The van der Waals surface area contributed by atoms with E-state index in [-0.39, 0.29) is 16.2 Å². The van der Waals surface area contributed by atoms with Crippen molar-refractivity contribution in [2.45, 2.75) is 143 Å². The van der Waals surface area contributed by atoms with Gasteiger partial charge in [0.25, 0.3) is 0 Å². The van der Waals surface area contributed by atoms with Gasteiger partial charge in [0.15, 0.2) is 0 Å². The molecule has 0 saturated heterocycles. The molecule has 3 heteroatoms. The van der Waals surface area contributed by atoms with Gasteiger partial charge < -0.3 is 14.7 Å². The van der Waals surface area contributed by atoms with Crippen LogP contribution in [-0.2, 0) is 74.0 Å². The van der Waals surface area contributed by atoms with Gasteiger partial charge in [-0.3, -0.25) is 0 Å². The Labute approximate surface area is 846 Å². The maximum Gasteiger partial charge on any atom is 0.0719 e. The first-order valence-corrected chi connectivity index (χ1v) is 52.5. The highest BCUT2D eigenvalue weighted by Gasteiger charge is 2.57. The summed E-state index contributed by atoms with van der Waals surface area (Å²) in [5.41, 5.74) is 69.1. The molecule has 18 aromatic carbocycles. The van der Waals surface area contributed by atoms with E-state index in [1.807, 2.05) is 147 Å². The molecule has 0 aromatic heterocycles. The van der Waals surface area contributed by atoms with Crippen LogP contribution in [0.2, 0.25) is 0 Å². The Hall–Kier alpha value is -14.2. The molecule has 0 atom stereocenters. The van der Waals surface area contributed by atoms with Crippen molar-refractivity contribution < 1.29 is 0 Å². The summed E-state index contributed by atoms with van der Waals surface area (Å²) < 4.78 is 0. The average Bonchev–Trinajstić information content (AvgIpc) is 1.51. The lowest BCUT2D eigenvalue weighted by Crippen LogP contribution is -2.34. The maximum atomic E-state index is 2.49. The number of fused-ring (bicyclic) bond motifs is 51. The van der Waals surface area contributed by atoms with E-state index in [2.05, 4.69) is 364 Å². The highest BCUT2D eigenvalue weighted by Crippen LogP contribution is 2.69. The average molecular weight is 1850 g/mol. The topological polar surface area (TPSA) is 9.72 Å². The molecule has 12 aliphatic rings. The maximum absolute atomic E-state index is 2.49. The first-order chi connectivity index (χ1) is 69.7. The van der Waals surface area contributed by atoms with Gasteiger partial charge in [0.2, 0.25) is 0 Å². The van der Waals surface area contributed by atoms with Crippen LogP contribution in [0.25, 0.3) is 100 Å². The van der Waals surface area contributed by atoms with Gasteiger partial charge in [-0.15, -0.1) is 0 Å². The van der Waals surface area contributed by atoms with Gasteiger partial charge in [-0.05, 0) is 388 Å². The molecule has 0 aliphatic heterocycles. The predicted octanol–water partition coefficient (Wildman–Crippen LogP) is 33.0. The summed E-state index contributed by atoms with van der Waals surface area (Å²) in [4.78, 5) is 6.00. The van der Waals surface area contributed by atoms with Crippen LogP contribution in [0.1, 0.15) is 236 Å². The van der Waals surface area contributed by atoms with E-state index in [1.165, 1.54) is 267 Å². The molecule has 706 valence electrons. The van der Waals surface area contributed by atoms with E-state index in [0.29, 0.717) is 0 Å². The van der Waals surface area contributed by atoms with Crippen LogP contribution in [0, 0.1) is 0 Å². The highest BCUT2D eigenvalue weighted by molar-refractivity contribution is 6.06. The van der Waals surface area contributed by atoms with Crippen LogP contribution in [-0.4, -0.2) is 78.1 Å². The number of hydrogen-bond donors (Lipinski definition) is 0. The van der Waals surface area contributed by atoms with Gasteiger partial charge in [0, 0.05) is 0 Å². The molecular weight excluding hydrogens is 1710 g/mol. The Kier molecular flexibility index (Phi) is 26.5. The normalized spacial score (nSPS) is 14.0. The minimum Gasteiger partial charge on any atom is -0.312 e. The Bertz CT molecular complexity index is 7240. The molecule has 0 saturated carbocycles. The molecule has 30 rings (SSSR count). The summed E-state index contributed by atoms with van der Waals surface area (Å²) in [5, 5.41) is 0. The molecule has 0 heterocycles. The summed E-state index contributed by atoms with van der Waals surface area (Å²) in [6.07, 6.45) is 9.00. The Balaban J connectivity index is 0.000000118. The molecule has 18 aromatic rings. The van der Waals surface area contributed by atoms with E-state index < -0.39 is 0 Å². The molecule has 0 radical (unpaired) electrons. The molecule has 3 nitrogen and oxygen atoms in total. The second kappa shape index (κ2) is 39.4. The lowest BCUT2D eigenvalue weighted by Gasteiger charge is -2.40. The number of rotatable bonds is 0. The molecule has 142 heavy (non-hydrogen) atoms. The fourth-order valence-electron chi connectivity index (χ4n) is 26.3. The summed E-state index contributed by atoms with van der Waals surface area (Å²) in [7, 11) is 18.0. The SMILES string of the molecule is CC.CC.CC.CC.CC.CN(C)C.CN(C)C.CN(C)C.c1ccc2c(c1)Cc1c-2ccc2c1-c1c(ccc3c1-c1ccccc1C3)C21c2ccccc2Cc2ccccc21.c1ccc2c(c1)Cc1c-2ccc2c1-c1c(ccc3c1Cc1ccccc1-3)C21c2ccccc2Cc2ccccc21.c1ccc2c(c1)Cc1c-2ccc2c1-c1c(ccc3c1Cc1ccccc1-3)C21c2ccccc2Cc2ccccc21. The van der Waals surface area contributed by atoms with Crippen LogP contribution in [0.5, 0.6) is 0 Å². The largest absolute Gasteiger partial charge is 0.312 e. The summed E-state index contributed by atoms with van der Waals surface area (Å²) >= 11 is 0. The summed E-state index contributed by atoms with van der Waals surface area (Å²) in [6, 6.07) is 139. The van der Waals surface area contributed by atoms with Gasteiger partial charge in [0.05, 0.1) is 16.2 Å². The second-order valence-electron chi connectivity index (χ2n) is 39.8. The van der Waals surface area contributed by atoms with Crippen molar-refractivity contribution in [1.82, 2.24) is 14.7 Å². The lowest BCUT2D eigenvalue weighted by molar-refractivity contribution is 0.505. The van der Waals surface area contributed by atoms with Crippen molar-refractivity contribution in [2.75, 3.05) is 63.4 Å². The quantitative estimate of drug-likeness (QED) is 0.150. The minimum atomic E-state index is -0.313. The monoisotopic (exact) mass is 1850 g/mol. The van der Waals surface area contributed by atoms with Crippen molar-refractivity contribution in [1.29, 1.82) is 0 Å². The smallest absolute Gasteiger partial charge is 0.0719 e. The number of hydrogen-bond acceptors (Lipinski definition) is 3. The van der Waals surface area contributed by atoms with Crippen LogP contribution in [0.15, 0.2) is 364 Å². The summed E-state index contributed by atoms with van der Waals surface area (Å²) in [5.74, 6) is 0. The number of nitrogens with zero attached hydrogens (tertiary/aromatic N) is 3. The summed E-state index contributed by atoms with van der Waals surface area (Å²) in [6.45, 7) is 20.0. The molecule has 12 aliphatic carbocycles. The predicted molar refractivity (Wildman–Crippen MR) is 605 cm³/mol. The zero-order chi connectivity index (χ0) is 98.7. The fourth-order valence-corrected chi connectivity index (χ4v) is 26.3.